The Morgan fingerprint density at radius 1 is 1.33 bits per heavy atom. The van der Waals surface area contributed by atoms with Gasteiger partial charge in [0.15, 0.2) is 0 Å². The van der Waals surface area contributed by atoms with E-state index in [4.69, 9.17) is 14.9 Å². The molecule has 3 nitrogen and oxygen atoms in total. The first-order chi connectivity index (χ1) is 7.18. The van der Waals surface area contributed by atoms with Crippen LogP contribution in [0.1, 0.15) is 36.0 Å². The quantitative estimate of drug-likeness (QED) is 0.813. The normalized spacial score (nSPS) is 20.5. The second-order valence-electron chi connectivity index (χ2n) is 4.34. The molecule has 1 unspecified atom stereocenters. The Bertz CT molecular complexity index is 326. The molecule has 1 atom stereocenters. The third-order valence-corrected chi connectivity index (χ3v) is 3.21. The summed E-state index contributed by atoms with van der Waals surface area (Å²) in [6.07, 6.45) is 2.12. The van der Waals surface area contributed by atoms with E-state index >= 15 is 0 Å². The van der Waals surface area contributed by atoms with Gasteiger partial charge in [-0.3, -0.25) is 0 Å². The molecule has 0 spiro atoms. The summed E-state index contributed by atoms with van der Waals surface area (Å²) in [7, 11) is 0. The first-order valence-electron chi connectivity index (χ1n) is 5.58. The largest absolute Gasteiger partial charge is 0.466 e. The van der Waals surface area contributed by atoms with Crippen LogP contribution >= 0.6 is 0 Å². The average molecular weight is 209 g/mol. The topological polar surface area (TPSA) is 48.4 Å². The van der Waals surface area contributed by atoms with Crippen molar-refractivity contribution in [2.24, 2.45) is 11.7 Å². The maximum atomic E-state index is 6.27. The number of aryl methyl sites for hydroxylation is 2. The monoisotopic (exact) mass is 209 g/mol. The van der Waals surface area contributed by atoms with Gasteiger partial charge in [-0.25, -0.2) is 0 Å². The number of nitrogens with two attached hydrogens (primary N) is 1. The van der Waals surface area contributed by atoms with Crippen LogP contribution in [0.3, 0.4) is 0 Å². The van der Waals surface area contributed by atoms with E-state index in [-0.39, 0.29) is 6.04 Å². The maximum absolute atomic E-state index is 6.27. The van der Waals surface area contributed by atoms with Crippen LogP contribution in [-0.4, -0.2) is 13.2 Å². The molecule has 0 amide bonds. The second-order valence-corrected chi connectivity index (χ2v) is 4.34. The van der Waals surface area contributed by atoms with Gasteiger partial charge in [-0.05, 0) is 38.7 Å². The minimum atomic E-state index is 0.103. The van der Waals surface area contributed by atoms with Gasteiger partial charge in [0.25, 0.3) is 0 Å². The SMILES string of the molecule is Cc1cc(C(N)C2CCOCC2)c(C)o1. The molecular formula is C12H19NO2. The number of rotatable bonds is 2. The van der Waals surface area contributed by atoms with E-state index in [1.54, 1.807) is 0 Å². The molecule has 1 saturated heterocycles. The molecule has 0 aliphatic carbocycles. The first kappa shape index (κ1) is 10.7. The van der Waals surface area contributed by atoms with Crippen molar-refractivity contribution in [3.05, 3.63) is 23.2 Å². The van der Waals surface area contributed by atoms with Crippen LogP contribution < -0.4 is 5.73 Å². The molecule has 0 aromatic carbocycles. The Hall–Kier alpha value is -0.800. The van der Waals surface area contributed by atoms with Crippen molar-refractivity contribution >= 4 is 0 Å². The van der Waals surface area contributed by atoms with Crippen molar-refractivity contribution in [3.63, 3.8) is 0 Å². The fourth-order valence-electron chi connectivity index (χ4n) is 2.31. The highest BCUT2D eigenvalue weighted by molar-refractivity contribution is 5.24. The van der Waals surface area contributed by atoms with Gasteiger partial charge in [-0.15, -0.1) is 0 Å². The summed E-state index contributed by atoms with van der Waals surface area (Å²) in [4.78, 5) is 0. The van der Waals surface area contributed by atoms with E-state index in [1.165, 1.54) is 5.56 Å². The summed E-state index contributed by atoms with van der Waals surface area (Å²) in [6, 6.07) is 2.17. The van der Waals surface area contributed by atoms with Crippen molar-refractivity contribution in [3.8, 4) is 0 Å². The highest BCUT2D eigenvalue weighted by Gasteiger charge is 2.24. The number of furan rings is 1. The lowest BCUT2D eigenvalue weighted by molar-refractivity contribution is 0.0582. The average Bonchev–Trinajstić information content (AvgIpc) is 2.58. The van der Waals surface area contributed by atoms with Crippen molar-refractivity contribution in [2.75, 3.05) is 13.2 Å². The molecule has 1 aliphatic heterocycles. The minimum absolute atomic E-state index is 0.103. The Balaban J connectivity index is 2.12. The van der Waals surface area contributed by atoms with Gasteiger partial charge in [-0.1, -0.05) is 0 Å². The third-order valence-electron chi connectivity index (χ3n) is 3.21. The van der Waals surface area contributed by atoms with Crippen molar-refractivity contribution < 1.29 is 9.15 Å². The van der Waals surface area contributed by atoms with Crippen molar-refractivity contribution in [1.29, 1.82) is 0 Å². The van der Waals surface area contributed by atoms with Gasteiger partial charge in [0.2, 0.25) is 0 Å². The summed E-state index contributed by atoms with van der Waals surface area (Å²) in [6.45, 7) is 5.64. The highest BCUT2D eigenvalue weighted by atomic mass is 16.5. The van der Waals surface area contributed by atoms with Gasteiger partial charge in [0.05, 0.1) is 0 Å². The molecule has 1 aromatic rings. The fraction of sp³-hybridized carbons (Fsp3) is 0.667. The summed E-state index contributed by atoms with van der Waals surface area (Å²) in [5, 5.41) is 0. The van der Waals surface area contributed by atoms with E-state index in [0.29, 0.717) is 5.92 Å². The van der Waals surface area contributed by atoms with Crippen LogP contribution in [0, 0.1) is 19.8 Å². The lowest BCUT2D eigenvalue weighted by Crippen LogP contribution is -2.27. The molecule has 0 radical (unpaired) electrons. The Morgan fingerprint density at radius 3 is 2.53 bits per heavy atom. The van der Waals surface area contributed by atoms with Gasteiger partial charge < -0.3 is 14.9 Å². The molecule has 2 rings (SSSR count). The van der Waals surface area contributed by atoms with Gasteiger partial charge in [0, 0.05) is 24.8 Å². The van der Waals surface area contributed by atoms with Crippen LogP contribution in [0.15, 0.2) is 10.5 Å². The van der Waals surface area contributed by atoms with E-state index < -0.39 is 0 Å². The molecular weight excluding hydrogens is 190 g/mol. The lowest BCUT2D eigenvalue weighted by Gasteiger charge is -2.27. The van der Waals surface area contributed by atoms with Crippen LogP contribution in [0.2, 0.25) is 0 Å². The van der Waals surface area contributed by atoms with Gasteiger partial charge >= 0.3 is 0 Å². The standard InChI is InChI=1S/C12H19NO2/c1-8-7-11(9(2)15-8)12(13)10-3-5-14-6-4-10/h7,10,12H,3-6,13H2,1-2H3. The van der Waals surface area contributed by atoms with Gasteiger partial charge in [-0.2, -0.15) is 0 Å². The van der Waals surface area contributed by atoms with Crippen LogP contribution in [0.5, 0.6) is 0 Å². The predicted molar refractivity (Wildman–Crippen MR) is 58.7 cm³/mol. The molecule has 84 valence electrons. The lowest BCUT2D eigenvalue weighted by atomic mass is 9.88. The molecule has 1 aliphatic rings. The highest BCUT2D eigenvalue weighted by Crippen LogP contribution is 2.31. The Labute approximate surface area is 90.6 Å². The summed E-state index contributed by atoms with van der Waals surface area (Å²) < 4.78 is 10.9. The molecule has 15 heavy (non-hydrogen) atoms. The molecule has 0 bridgehead atoms. The molecule has 1 aromatic heterocycles. The van der Waals surface area contributed by atoms with E-state index in [2.05, 4.69) is 6.07 Å². The van der Waals surface area contributed by atoms with Gasteiger partial charge in [0.1, 0.15) is 11.5 Å². The van der Waals surface area contributed by atoms with Crippen LogP contribution in [0.25, 0.3) is 0 Å². The number of ether oxygens (including phenoxy) is 1. The van der Waals surface area contributed by atoms with Crippen LogP contribution in [0.4, 0.5) is 0 Å². The van der Waals surface area contributed by atoms with Crippen molar-refractivity contribution in [1.82, 2.24) is 0 Å². The summed E-state index contributed by atoms with van der Waals surface area (Å²) in [5.74, 6) is 2.45. The zero-order valence-electron chi connectivity index (χ0n) is 9.45. The fourth-order valence-corrected chi connectivity index (χ4v) is 2.31. The smallest absolute Gasteiger partial charge is 0.105 e. The van der Waals surface area contributed by atoms with E-state index in [0.717, 1.165) is 37.6 Å². The maximum Gasteiger partial charge on any atom is 0.105 e. The zero-order valence-corrected chi connectivity index (χ0v) is 9.45. The Kier molecular flexibility index (Phi) is 3.12. The summed E-state index contributed by atoms with van der Waals surface area (Å²) in [5.41, 5.74) is 7.43. The predicted octanol–water partition coefficient (Wildman–Crippen LogP) is 2.32. The molecule has 2 heterocycles. The summed E-state index contributed by atoms with van der Waals surface area (Å²) >= 11 is 0. The molecule has 3 heteroatoms. The molecule has 0 saturated carbocycles. The first-order valence-corrected chi connectivity index (χ1v) is 5.58. The third kappa shape index (κ3) is 2.24. The zero-order chi connectivity index (χ0) is 10.8. The number of hydrogen-bond donors (Lipinski definition) is 1. The minimum Gasteiger partial charge on any atom is -0.466 e. The van der Waals surface area contributed by atoms with Crippen LogP contribution in [-0.2, 0) is 4.74 Å². The van der Waals surface area contributed by atoms with E-state index in [1.807, 2.05) is 13.8 Å². The number of hydrogen-bond acceptors (Lipinski definition) is 3. The molecule has 2 N–H and O–H groups in total. The second kappa shape index (κ2) is 4.37. The van der Waals surface area contributed by atoms with Crippen molar-refractivity contribution in [2.45, 2.75) is 32.7 Å². The Morgan fingerprint density at radius 2 is 2.00 bits per heavy atom. The molecule has 1 fully saturated rings. The van der Waals surface area contributed by atoms with E-state index in [9.17, 15) is 0 Å².